The molecule has 0 saturated heterocycles. The molecule has 84 valence electrons. The number of hydrogen-bond acceptors (Lipinski definition) is 3. The summed E-state index contributed by atoms with van der Waals surface area (Å²) < 4.78 is 1.60. The van der Waals surface area contributed by atoms with Crippen molar-refractivity contribution in [2.75, 3.05) is 5.32 Å². The van der Waals surface area contributed by atoms with Crippen LogP contribution in [0.25, 0.3) is 0 Å². The Morgan fingerprint density at radius 3 is 2.87 bits per heavy atom. The third kappa shape index (κ3) is 2.79. The van der Waals surface area contributed by atoms with Crippen LogP contribution in [-0.4, -0.2) is 21.2 Å². The fourth-order valence-corrected chi connectivity index (χ4v) is 1.39. The topological polar surface area (TPSA) is 72.9 Å². The van der Waals surface area contributed by atoms with Crippen molar-refractivity contribution in [1.82, 2.24) is 9.78 Å². The second kappa shape index (κ2) is 4.44. The minimum Gasteiger partial charge on any atom is -0.318 e. The lowest BCUT2D eigenvalue weighted by atomic mass is 9.97. The molecule has 1 rings (SSSR count). The predicted molar refractivity (Wildman–Crippen MR) is 59.3 cm³/mol. The van der Waals surface area contributed by atoms with Crippen molar-refractivity contribution in [2.45, 2.75) is 32.2 Å². The number of nitrogens with one attached hydrogen (secondary N) is 1. The van der Waals surface area contributed by atoms with E-state index in [-0.39, 0.29) is 5.91 Å². The van der Waals surface area contributed by atoms with E-state index in [1.54, 1.807) is 30.9 Å². The van der Waals surface area contributed by atoms with Gasteiger partial charge in [-0.05, 0) is 13.3 Å². The van der Waals surface area contributed by atoms with Crippen LogP contribution < -0.4 is 11.1 Å². The SMILES string of the molecule is CCCC(C)(N)C(=O)Nc1ccnn1C. The van der Waals surface area contributed by atoms with E-state index in [9.17, 15) is 4.79 Å². The summed E-state index contributed by atoms with van der Waals surface area (Å²) in [5.41, 5.74) is 5.08. The fraction of sp³-hybridized carbons (Fsp3) is 0.600. The molecule has 0 radical (unpaired) electrons. The van der Waals surface area contributed by atoms with Crippen LogP contribution in [0.2, 0.25) is 0 Å². The molecule has 0 spiro atoms. The molecule has 0 aliphatic heterocycles. The molecule has 1 heterocycles. The number of carbonyl (C=O) groups is 1. The number of amides is 1. The van der Waals surface area contributed by atoms with Gasteiger partial charge in [0.05, 0.1) is 11.7 Å². The van der Waals surface area contributed by atoms with Gasteiger partial charge >= 0.3 is 0 Å². The molecular weight excluding hydrogens is 192 g/mol. The first-order valence-corrected chi connectivity index (χ1v) is 5.05. The van der Waals surface area contributed by atoms with Crippen LogP contribution in [0.1, 0.15) is 26.7 Å². The van der Waals surface area contributed by atoms with E-state index in [1.165, 1.54) is 0 Å². The number of anilines is 1. The maximum Gasteiger partial charge on any atom is 0.245 e. The highest BCUT2D eigenvalue weighted by Gasteiger charge is 2.27. The smallest absolute Gasteiger partial charge is 0.245 e. The van der Waals surface area contributed by atoms with E-state index in [1.807, 2.05) is 6.92 Å². The number of hydrogen-bond donors (Lipinski definition) is 2. The number of aromatic nitrogens is 2. The summed E-state index contributed by atoms with van der Waals surface area (Å²) in [5, 5.41) is 6.71. The zero-order valence-electron chi connectivity index (χ0n) is 9.45. The Bertz CT molecular complexity index is 343. The Hall–Kier alpha value is -1.36. The molecular formula is C10H18N4O. The van der Waals surface area contributed by atoms with Crippen molar-refractivity contribution >= 4 is 11.7 Å². The van der Waals surface area contributed by atoms with Crippen LogP contribution >= 0.6 is 0 Å². The van der Waals surface area contributed by atoms with E-state index in [0.29, 0.717) is 12.2 Å². The van der Waals surface area contributed by atoms with Gasteiger partial charge in [-0.1, -0.05) is 13.3 Å². The molecule has 0 aliphatic rings. The van der Waals surface area contributed by atoms with Crippen LogP contribution in [-0.2, 0) is 11.8 Å². The summed E-state index contributed by atoms with van der Waals surface area (Å²) in [5.74, 6) is 0.487. The average molecular weight is 210 g/mol. The zero-order valence-corrected chi connectivity index (χ0v) is 9.45. The first-order chi connectivity index (χ1) is 6.97. The molecule has 5 nitrogen and oxygen atoms in total. The second-order valence-electron chi connectivity index (χ2n) is 3.96. The summed E-state index contributed by atoms with van der Waals surface area (Å²) in [7, 11) is 1.77. The highest BCUT2D eigenvalue weighted by molar-refractivity contribution is 5.96. The van der Waals surface area contributed by atoms with Gasteiger partial charge in [0.2, 0.25) is 5.91 Å². The van der Waals surface area contributed by atoms with Gasteiger partial charge in [0.1, 0.15) is 5.82 Å². The molecule has 5 heteroatoms. The van der Waals surface area contributed by atoms with Crippen molar-refractivity contribution in [2.24, 2.45) is 12.8 Å². The van der Waals surface area contributed by atoms with E-state index < -0.39 is 5.54 Å². The summed E-state index contributed by atoms with van der Waals surface area (Å²) in [6.45, 7) is 3.74. The minimum absolute atomic E-state index is 0.173. The molecule has 1 unspecified atom stereocenters. The van der Waals surface area contributed by atoms with Crippen molar-refractivity contribution in [3.05, 3.63) is 12.3 Å². The third-order valence-electron chi connectivity index (χ3n) is 2.35. The van der Waals surface area contributed by atoms with Gasteiger partial charge in [-0.15, -0.1) is 0 Å². The molecule has 15 heavy (non-hydrogen) atoms. The Kier molecular flexibility index (Phi) is 3.47. The van der Waals surface area contributed by atoms with E-state index in [0.717, 1.165) is 6.42 Å². The molecule has 1 aromatic heterocycles. The van der Waals surface area contributed by atoms with Gasteiger partial charge in [-0.3, -0.25) is 9.48 Å². The van der Waals surface area contributed by atoms with Crippen LogP contribution in [0.3, 0.4) is 0 Å². The molecule has 0 saturated carbocycles. The van der Waals surface area contributed by atoms with Crippen molar-refractivity contribution in [1.29, 1.82) is 0 Å². The Balaban J connectivity index is 2.67. The van der Waals surface area contributed by atoms with Gasteiger partial charge < -0.3 is 11.1 Å². The lowest BCUT2D eigenvalue weighted by Gasteiger charge is -2.22. The Labute approximate surface area is 89.6 Å². The molecule has 1 aromatic rings. The van der Waals surface area contributed by atoms with Gasteiger partial charge in [0.15, 0.2) is 0 Å². The average Bonchev–Trinajstić information content (AvgIpc) is 2.52. The monoisotopic (exact) mass is 210 g/mol. The van der Waals surface area contributed by atoms with E-state index >= 15 is 0 Å². The first-order valence-electron chi connectivity index (χ1n) is 5.05. The zero-order chi connectivity index (χ0) is 11.5. The van der Waals surface area contributed by atoms with Gasteiger partial charge in [-0.2, -0.15) is 5.10 Å². The predicted octanol–water partition coefficient (Wildman–Crippen LogP) is 0.876. The highest BCUT2D eigenvalue weighted by Crippen LogP contribution is 2.12. The largest absolute Gasteiger partial charge is 0.318 e. The summed E-state index contributed by atoms with van der Waals surface area (Å²) in [6.07, 6.45) is 3.17. The molecule has 1 atom stereocenters. The van der Waals surface area contributed by atoms with Crippen LogP contribution in [0.15, 0.2) is 12.3 Å². The molecule has 0 bridgehead atoms. The molecule has 1 amide bonds. The van der Waals surface area contributed by atoms with Gasteiger partial charge in [0.25, 0.3) is 0 Å². The summed E-state index contributed by atoms with van der Waals surface area (Å²) in [4.78, 5) is 11.8. The molecule has 0 aromatic carbocycles. The second-order valence-corrected chi connectivity index (χ2v) is 3.96. The number of rotatable bonds is 4. The number of nitrogens with two attached hydrogens (primary N) is 1. The van der Waals surface area contributed by atoms with E-state index in [4.69, 9.17) is 5.73 Å². The quantitative estimate of drug-likeness (QED) is 0.774. The standard InChI is InChI=1S/C10H18N4O/c1-4-6-10(2,11)9(15)13-8-5-7-12-14(8)3/h5,7H,4,6,11H2,1-3H3,(H,13,15). The van der Waals surface area contributed by atoms with Crippen molar-refractivity contribution < 1.29 is 4.79 Å². The van der Waals surface area contributed by atoms with Crippen LogP contribution in [0, 0.1) is 0 Å². The Morgan fingerprint density at radius 1 is 1.73 bits per heavy atom. The lowest BCUT2D eigenvalue weighted by molar-refractivity contribution is -0.120. The fourth-order valence-electron chi connectivity index (χ4n) is 1.39. The number of aryl methyl sites for hydroxylation is 1. The summed E-state index contributed by atoms with van der Waals surface area (Å²) >= 11 is 0. The molecule has 0 fully saturated rings. The van der Waals surface area contributed by atoms with Crippen molar-refractivity contribution in [3.8, 4) is 0 Å². The Morgan fingerprint density at radius 2 is 2.40 bits per heavy atom. The number of carbonyl (C=O) groups excluding carboxylic acids is 1. The van der Waals surface area contributed by atoms with Crippen molar-refractivity contribution in [3.63, 3.8) is 0 Å². The normalized spacial score (nSPS) is 14.7. The maximum absolute atomic E-state index is 11.8. The molecule has 3 N–H and O–H groups in total. The number of nitrogens with zero attached hydrogens (tertiary/aromatic N) is 2. The highest BCUT2D eigenvalue weighted by atomic mass is 16.2. The minimum atomic E-state index is -0.820. The van der Waals surface area contributed by atoms with Gasteiger partial charge in [-0.25, -0.2) is 0 Å². The van der Waals surface area contributed by atoms with E-state index in [2.05, 4.69) is 10.4 Å². The van der Waals surface area contributed by atoms with Crippen LogP contribution in [0.4, 0.5) is 5.82 Å². The first kappa shape index (κ1) is 11.7. The third-order valence-corrected chi connectivity index (χ3v) is 2.35. The van der Waals surface area contributed by atoms with Crippen LogP contribution in [0.5, 0.6) is 0 Å². The summed E-state index contributed by atoms with van der Waals surface area (Å²) in [6, 6.07) is 1.74. The lowest BCUT2D eigenvalue weighted by Crippen LogP contribution is -2.48. The maximum atomic E-state index is 11.8. The molecule has 0 aliphatic carbocycles. The van der Waals surface area contributed by atoms with Gasteiger partial charge in [0, 0.05) is 13.1 Å².